The number of rotatable bonds is 10. The molecule has 0 radical (unpaired) electrons. The number of carbonyl (C=O) groups is 1. The van der Waals surface area contributed by atoms with Crippen molar-refractivity contribution in [2.24, 2.45) is 0 Å². The molecule has 0 atom stereocenters. The second-order valence-electron chi connectivity index (χ2n) is 7.21. The summed E-state index contributed by atoms with van der Waals surface area (Å²) in [7, 11) is 0. The van der Waals surface area contributed by atoms with Gasteiger partial charge in [0, 0.05) is 17.8 Å². The summed E-state index contributed by atoms with van der Waals surface area (Å²) in [5.41, 5.74) is 3.84. The van der Waals surface area contributed by atoms with Crippen molar-refractivity contribution in [2.45, 2.75) is 20.3 Å². The second kappa shape index (κ2) is 11.2. The molecule has 0 aromatic heterocycles. The summed E-state index contributed by atoms with van der Waals surface area (Å²) in [5.74, 6) is 0.696. The van der Waals surface area contributed by atoms with Crippen molar-refractivity contribution >= 4 is 11.6 Å². The van der Waals surface area contributed by atoms with Gasteiger partial charge in [-0.05, 0) is 67.0 Å². The molecule has 0 saturated carbocycles. The van der Waals surface area contributed by atoms with Gasteiger partial charge in [-0.1, -0.05) is 56.3 Å². The fraction of sp³-hybridized carbons (Fsp3) is 0.269. The molecular weight excluding hydrogens is 372 g/mol. The quantitative estimate of drug-likeness (QED) is 0.504. The molecule has 3 aromatic rings. The van der Waals surface area contributed by atoms with Crippen molar-refractivity contribution in [1.29, 1.82) is 0 Å². The van der Waals surface area contributed by atoms with Gasteiger partial charge < -0.3 is 15.0 Å². The maximum atomic E-state index is 12.5. The van der Waals surface area contributed by atoms with E-state index >= 15 is 0 Å². The van der Waals surface area contributed by atoms with Crippen LogP contribution >= 0.6 is 0 Å². The smallest absolute Gasteiger partial charge is 0.255 e. The summed E-state index contributed by atoms with van der Waals surface area (Å²) in [6.07, 6.45) is 0.860. The highest BCUT2D eigenvalue weighted by Crippen LogP contribution is 2.17. The van der Waals surface area contributed by atoms with Gasteiger partial charge in [0.15, 0.2) is 0 Å². The zero-order chi connectivity index (χ0) is 21.2. The van der Waals surface area contributed by atoms with Gasteiger partial charge in [0.1, 0.15) is 12.4 Å². The number of likely N-dealkylation sites (N-methyl/N-ethyl adjacent to an activating group) is 1. The van der Waals surface area contributed by atoms with Crippen LogP contribution in [0.15, 0.2) is 78.9 Å². The number of benzene rings is 3. The molecular formula is C26H30N2O2. The fourth-order valence-electron chi connectivity index (χ4n) is 3.28. The van der Waals surface area contributed by atoms with Gasteiger partial charge in [-0.25, -0.2) is 0 Å². The fourth-order valence-corrected chi connectivity index (χ4v) is 3.28. The van der Waals surface area contributed by atoms with Crippen LogP contribution in [0.25, 0.3) is 0 Å². The van der Waals surface area contributed by atoms with Crippen LogP contribution in [-0.4, -0.2) is 37.0 Å². The number of amides is 1. The molecule has 3 rings (SSSR count). The molecule has 0 aliphatic carbocycles. The molecule has 0 unspecified atom stereocenters. The van der Waals surface area contributed by atoms with Crippen molar-refractivity contribution in [3.8, 4) is 5.75 Å². The van der Waals surface area contributed by atoms with Crippen LogP contribution in [-0.2, 0) is 6.42 Å². The summed E-state index contributed by atoms with van der Waals surface area (Å²) in [5, 5.41) is 2.94. The predicted octanol–water partition coefficient (Wildman–Crippen LogP) is 5.25. The van der Waals surface area contributed by atoms with Crippen molar-refractivity contribution in [2.75, 3.05) is 31.6 Å². The average Bonchev–Trinajstić information content (AvgIpc) is 2.79. The van der Waals surface area contributed by atoms with Crippen LogP contribution < -0.4 is 10.1 Å². The zero-order valence-electron chi connectivity index (χ0n) is 17.8. The Morgan fingerprint density at radius 1 is 0.833 bits per heavy atom. The number of ether oxygens (including phenoxy) is 1. The summed E-state index contributed by atoms with van der Waals surface area (Å²) >= 11 is 0. The Kier molecular flexibility index (Phi) is 8.04. The largest absolute Gasteiger partial charge is 0.492 e. The number of anilines is 1. The molecule has 30 heavy (non-hydrogen) atoms. The van der Waals surface area contributed by atoms with E-state index in [9.17, 15) is 4.79 Å². The summed E-state index contributed by atoms with van der Waals surface area (Å²) in [4.78, 5) is 14.9. The van der Waals surface area contributed by atoms with E-state index in [2.05, 4.69) is 36.2 Å². The first-order valence-corrected chi connectivity index (χ1v) is 10.6. The first-order valence-electron chi connectivity index (χ1n) is 10.6. The standard InChI is InChI=1S/C26H30N2O2/c1-3-28(4-2)18-19-30-25-16-14-24(15-17-25)27-26(29)23-12-10-22(11-13-23)20-21-8-6-5-7-9-21/h5-17H,3-4,18-20H2,1-2H3,(H,27,29). The Morgan fingerprint density at radius 2 is 1.47 bits per heavy atom. The maximum absolute atomic E-state index is 12.5. The lowest BCUT2D eigenvalue weighted by Gasteiger charge is -2.18. The number of hydrogen-bond donors (Lipinski definition) is 1. The molecule has 156 valence electrons. The Hall–Kier alpha value is -3.11. The Labute approximate surface area is 179 Å². The molecule has 0 fully saturated rings. The Balaban J connectivity index is 1.50. The number of nitrogens with zero attached hydrogens (tertiary/aromatic N) is 1. The minimum absolute atomic E-state index is 0.114. The summed E-state index contributed by atoms with van der Waals surface area (Å²) < 4.78 is 5.79. The summed E-state index contributed by atoms with van der Waals surface area (Å²) in [6, 6.07) is 25.6. The third-order valence-corrected chi connectivity index (χ3v) is 5.15. The van der Waals surface area contributed by atoms with E-state index in [0.29, 0.717) is 12.2 Å². The van der Waals surface area contributed by atoms with Crippen LogP contribution in [0.2, 0.25) is 0 Å². The number of carbonyl (C=O) groups excluding carboxylic acids is 1. The molecule has 0 heterocycles. The second-order valence-corrected chi connectivity index (χ2v) is 7.21. The molecule has 4 heteroatoms. The van der Waals surface area contributed by atoms with E-state index in [0.717, 1.165) is 37.5 Å². The van der Waals surface area contributed by atoms with Crippen molar-refractivity contribution in [3.05, 3.63) is 95.6 Å². The highest BCUT2D eigenvalue weighted by molar-refractivity contribution is 6.04. The van der Waals surface area contributed by atoms with Gasteiger partial charge in [0.2, 0.25) is 0 Å². The van der Waals surface area contributed by atoms with Gasteiger partial charge in [-0.15, -0.1) is 0 Å². The molecule has 1 amide bonds. The lowest BCUT2D eigenvalue weighted by molar-refractivity contribution is 0.102. The minimum atomic E-state index is -0.114. The Bertz CT molecular complexity index is 902. The van der Waals surface area contributed by atoms with E-state index in [1.54, 1.807) is 0 Å². The summed E-state index contributed by atoms with van der Waals surface area (Å²) in [6.45, 7) is 7.92. The Morgan fingerprint density at radius 3 is 2.10 bits per heavy atom. The predicted molar refractivity (Wildman–Crippen MR) is 123 cm³/mol. The molecule has 0 aliphatic heterocycles. The number of hydrogen-bond acceptors (Lipinski definition) is 3. The molecule has 0 saturated heterocycles. The first kappa shape index (κ1) is 21.6. The van der Waals surface area contributed by atoms with E-state index in [4.69, 9.17) is 4.74 Å². The van der Waals surface area contributed by atoms with Crippen molar-refractivity contribution in [3.63, 3.8) is 0 Å². The molecule has 0 spiro atoms. The SMILES string of the molecule is CCN(CC)CCOc1ccc(NC(=O)c2ccc(Cc3ccccc3)cc2)cc1. The van der Waals surface area contributed by atoms with Gasteiger partial charge in [-0.2, -0.15) is 0 Å². The molecule has 4 nitrogen and oxygen atoms in total. The van der Waals surface area contributed by atoms with Gasteiger partial charge in [0.05, 0.1) is 0 Å². The molecule has 0 bridgehead atoms. The lowest BCUT2D eigenvalue weighted by Crippen LogP contribution is -2.27. The first-order chi connectivity index (χ1) is 14.7. The highest BCUT2D eigenvalue weighted by Gasteiger charge is 2.07. The molecule has 0 aliphatic rings. The number of nitrogens with one attached hydrogen (secondary N) is 1. The molecule has 1 N–H and O–H groups in total. The van der Waals surface area contributed by atoms with Crippen LogP contribution in [0.4, 0.5) is 5.69 Å². The van der Waals surface area contributed by atoms with Crippen LogP contribution in [0.3, 0.4) is 0 Å². The van der Waals surface area contributed by atoms with E-state index in [1.807, 2.05) is 66.7 Å². The zero-order valence-corrected chi connectivity index (χ0v) is 17.8. The van der Waals surface area contributed by atoms with Gasteiger partial charge in [-0.3, -0.25) is 4.79 Å². The van der Waals surface area contributed by atoms with Crippen LogP contribution in [0, 0.1) is 0 Å². The van der Waals surface area contributed by atoms with E-state index < -0.39 is 0 Å². The lowest BCUT2D eigenvalue weighted by atomic mass is 10.0. The third kappa shape index (κ3) is 6.46. The van der Waals surface area contributed by atoms with E-state index in [1.165, 1.54) is 11.1 Å². The monoisotopic (exact) mass is 402 g/mol. The average molecular weight is 403 g/mol. The highest BCUT2D eigenvalue weighted by atomic mass is 16.5. The maximum Gasteiger partial charge on any atom is 0.255 e. The van der Waals surface area contributed by atoms with E-state index in [-0.39, 0.29) is 5.91 Å². The normalized spacial score (nSPS) is 10.8. The van der Waals surface area contributed by atoms with Gasteiger partial charge in [0.25, 0.3) is 5.91 Å². The topological polar surface area (TPSA) is 41.6 Å². The third-order valence-electron chi connectivity index (χ3n) is 5.15. The van der Waals surface area contributed by atoms with Crippen molar-refractivity contribution in [1.82, 2.24) is 4.90 Å². The van der Waals surface area contributed by atoms with Gasteiger partial charge >= 0.3 is 0 Å². The molecule has 3 aromatic carbocycles. The van der Waals surface area contributed by atoms with Crippen molar-refractivity contribution < 1.29 is 9.53 Å². The van der Waals surface area contributed by atoms with Crippen LogP contribution in [0.5, 0.6) is 5.75 Å². The minimum Gasteiger partial charge on any atom is -0.492 e. The van der Waals surface area contributed by atoms with Crippen LogP contribution in [0.1, 0.15) is 35.3 Å².